The van der Waals surface area contributed by atoms with Crippen LogP contribution in [0.25, 0.3) is 0 Å². The minimum Gasteiger partial charge on any atom is -0.389 e. The molecular weight excluding hydrogens is 232 g/mol. The molecule has 0 aromatic heterocycles. The summed E-state index contributed by atoms with van der Waals surface area (Å²) in [7, 11) is 0. The number of nitrogens with one attached hydrogen (secondary N) is 1. The first kappa shape index (κ1) is 13.0. The molecule has 1 aromatic rings. The minimum absolute atomic E-state index is 0.129. The van der Waals surface area contributed by atoms with E-state index in [-0.39, 0.29) is 19.1 Å². The number of amides is 1. The largest absolute Gasteiger partial charge is 0.389 e. The summed E-state index contributed by atoms with van der Waals surface area (Å²) in [6.45, 7) is 4.74. The molecule has 1 aromatic carbocycles. The Morgan fingerprint density at radius 2 is 2.33 bits per heavy atom. The van der Waals surface area contributed by atoms with Crippen LogP contribution in [0.1, 0.15) is 11.1 Å². The number of carbonyl (C=O) groups excluding carboxylic acids is 1. The lowest BCUT2D eigenvalue weighted by atomic mass is 10.1. The normalized spacial score (nSPS) is 20.1. The Balaban J connectivity index is 1.93. The van der Waals surface area contributed by atoms with E-state index >= 15 is 0 Å². The SMILES string of the molecule is Cc1cccc(NC(=O)CN2C[C@@H](O)CO2)c1C. The molecule has 1 fully saturated rings. The van der Waals surface area contributed by atoms with Crippen molar-refractivity contribution in [3.05, 3.63) is 29.3 Å². The molecule has 2 N–H and O–H groups in total. The summed E-state index contributed by atoms with van der Waals surface area (Å²) in [6, 6.07) is 5.79. The molecule has 0 bridgehead atoms. The van der Waals surface area contributed by atoms with E-state index in [9.17, 15) is 9.90 Å². The number of β-amino-alcohol motifs (C(OH)–C–C–N with tert-alkyl or cyclic N) is 1. The van der Waals surface area contributed by atoms with Crippen LogP contribution in [0, 0.1) is 13.8 Å². The third-order valence-corrected chi connectivity index (χ3v) is 3.06. The molecule has 1 aliphatic heterocycles. The van der Waals surface area contributed by atoms with Crippen LogP contribution >= 0.6 is 0 Å². The smallest absolute Gasteiger partial charge is 0.241 e. The summed E-state index contributed by atoms with van der Waals surface area (Å²) in [6.07, 6.45) is -0.501. The van der Waals surface area contributed by atoms with Gasteiger partial charge in [0, 0.05) is 5.69 Å². The van der Waals surface area contributed by atoms with Crippen molar-refractivity contribution in [2.75, 3.05) is 25.0 Å². The van der Waals surface area contributed by atoms with Crippen molar-refractivity contribution in [3.8, 4) is 0 Å². The van der Waals surface area contributed by atoms with Gasteiger partial charge in [-0.2, -0.15) is 5.06 Å². The minimum atomic E-state index is -0.501. The first-order valence-corrected chi connectivity index (χ1v) is 5.98. The quantitative estimate of drug-likeness (QED) is 0.835. The van der Waals surface area contributed by atoms with E-state index in [0.29, 0.717) is 6.54 Å². The number of rotatable bonds is 3. The summed E-state index contributed by atoms with van der Waals surface area (Å²) in [5.41, 5.74) is 3.02. The van der Waals surface area contributed by atoms with Gasteiger partial charge in [0.05, 0.1) is 19.3 Å². The second-order valence-corrected chi connectivity index (χ2v) is 4.57. The van der Waals surface area contributed by atoms with E-state index in [0.717, 1.165) is 16.8 Å². The average molecular weight is 250 g/mol. The standard InChI is InChI=1S/C13H18N2O3/c1-9-4-3-5-12(10(9)2)14-13(17)7-15-6-11(16)8-18-15/h3-5,11,16H,6-8H2,1-2H3,(H,14,17)/t11-/m1/s1. The molecule has 18 heavy (non-hydrogen) atoms. The topological polar surface area (TPSA) is 61.8 Å². The first-order valence-electron chi connectivity index (χ1n) is 5.98. The summed E-state index contributed by atoms with van der Waals surface area (Å²) in [5.74, 6) is -0.141. The predicted molar refractivity (Wildman–Crippen MR) is 68.1 cm³/mol. The van der Waals surface area contributed by atoms with Gasteiger partial charge in [-0.25, -0.2) is 0 Å². The molecule has 5 heteroatoms. The van der Waals surface area contributed by atoms with Crippen LogP contribution < -0.4 is 5.32 Å². The van der Waals surface area contributed by atoms with Crippen molar-refractivity contribution >= 4 is 11.6 Å². The van der Waals surface area contributed by atoms with Gasteiger partial charge < -0.3 is 10.4 Å². The van der Waals surface area contributed by atoms with Crippen LogP contribution in [-0.2, 0) is 9.63 Å². The molecule has 0 spiro atoms. The van der Waals surface area contributed by atoms with Crippen LogP contribution in [0.15, 0.2) is 18.2 Å². The average Bonchev–Trinajstić information content (AvgIpc) is 2.70. The number of aliphatic hydroxyl groups is 1. The molecule has 5 nitrogen and oxygen atoms in total. The molecule has 1 atom stereocenters. The van der Waals surface area contributed by atoms with Crippen LogP contribution in [0.3, 0.4) is 0 Å². The Hall–Kier alpha value is -1.43. The fourth-order valence-electron chi connectivity index (χ4n) is 1.88. The maximum atomic E-state index is 11.8. The number of benzene rings is 1. The zero-order chi connectivity index (χ0) is 13.1. The first-order chi connectivity index (χ1) is 8.56. The molecule has 0 unspecified atom stereocenters. The third kappa shape index (κ3) is 3.07. The van der Waals surface area contributed by atoms with Gasteiger partial charge in [-0.05, 0) is 31.0 Å². The lowest BCUT2D eigenvalue weighted by Crippen LogP contribution is -2.31. The number of aryl methyl sites for hydroxylation is 1. The Labute approximate surface area is 106 Å². The third-order valence-electron chi connectivity index (χ3n) is 3.06. The van der Waals surface area contributed by atoms with Gasteiger partial charge in [0.25, 0.3) is 0 Å². The van der Waals surface area contributed by atoms with Crippen LogP contribution in [-0.4, -0.2) is 41.9 Å². The van der Waals surface area contributed by atoms with Gasteiger partial charge in [0.1, 0.15) is 6.54 Å². The van der Waals surface area contributed by atoms with Crippen molar-refractivity contribution in [1.82, 2.24) is 5.06 Å². The van der Waals surface area contributed by atoms with Gasteiger partial charge in [0.15, 0.2) is 0 Å². The van der Waals surface area contributed by atoms with Gasteiger partial charge in [-0.1, -0.05) is 12.1 Å². The number of hydrogen-bond donors (Lipinski definition) is 2. The fraction of sp³-hybridized carbons (Fsp3) is 0.462. The van der Waals surface area contributed by atoms with Gasteiger partial charge in [-0.15, -0.1) is 0 Å². The molecule has 1 saturated heterocycles. The molecule has 1 aliphatic rings. The van der Waals surface area contributed by atoms with E-state index in [2.05, 4.69) is 5.32 Å². The maximum Gasteiger partial charge on any atom is 0.241 e. The monoisotopic (exact) mass is 250 g/mol. The Bertz CT molecular complexity index is 448. The van der Waals surface area contributed by atoms with Crippen LogP contribution in [0.5, 0.6) is 0 Å². The zero-order valence-electron chi connectivity index (χ0n) is 10.6. The lowest BCUT2D eigenvalue weighted by Gasteiger charge is -2.14. The Morgan fingerprint density at radius 1 is 1.56 bits per heavy atom. The Morgan fingerprint density at radius 3 is 3.00 bits per heavy atom. The molecule has 0 saturated carbocycles. The van der Waals surface area contributed by atoms with E-state index < -0.39 is 6.10 Å². The molecular formula is C13H18N2O3. The van der Waals surface area contributed by atoms with Crippen molar-refractivity contribution in [3.63, 3.8) is 0 Å². The molecule has 98 valence electrons. The van der Waals surface area contributed by atoms with E-state index in [1.165, 1.54) is 5.06 Å². The molecule has 2 rings (SSSR count). The number of aliphatic hydroxyl groups excluding tert-OH is 1. The van der Waals surface area contributed by atoms with E-state index in [1.54, 1.807) is 0 Å². The van der Waals surface area contributed by atoms with Crippen LogP contribution in [0.4, 0.5) is 5.69 Å². The summed E-state index contributed by atoms with van der Waals surface area (Å²) >= 11 is 0. The van der Waals surface area contributed by atoms with Gasteiger partial charge >= 0.3 is 0 Å². The molecule has 1 amide bonds. The summed E-state index contributed by atoms with van der Waals surface area (Å²) in [5, 5.41) is 13.6. The van der Waals surface area contributed by atoms with Gasteiger partial charge in [-0.3, -0.25) is 9.63 Å². The predicted octanol–water partition coefficient (Wildman–Crippen LogP) is 0.850. The van der Waals surface area contributed by atoms with Gasteiger partial charge in [0.2, 0.25) is 5.91 Å². The zero-order valence-corrected chi connectivity index (χ0v) is 10.6. The number of hydrogen-bond acceptors (Lipinski definition) is 4. The number of nitrogens with zero attached hydrogens (tertiary/aromatic N) is 1. The second-order valence-electron chi connectivity index (χ2n) is 4.57. The van der Waals surface area contributed by atoms with E-state index in [1.807, 2.05) is 32.0 Å². The number of anilines is 1. The maximum absolute atomic E-state index is 11.8. The highest BCUT2D eigenvalue weighted by molar-refractivity contribution is 5.93. The molecule has 0 aliphatic carbocycles. The summed E-state index contributed by atoms with van der Waals surface area (Å²) in [4.78, 5) is 17.0. The van der Waals surface area contributed by atoms with Crippen LogP contribution in [0.2, 0.25) is 0 Å². The lowest BCUT2D eigenvalue weighted by molar-refractivity contribution is -0.138. The highest BCUT2D eigenvalue weighted by atomic mass is 16.7. The fourth-order valence-corrected chi connectivity index (χ4v) is 1.88. The Kier molecular flexibility index (Phi) is 3.96. The van der Waals surface area contributed by atoms with Crippen molar-refractivity contribution < 1.29 is 14.7 Å². The van der Waals surface area contributed by atoms with Crippen molar-refractivity contribution in [2.24, 2.45) is 0 Å². The molecule has 1 heterocycles. The highest BCUT2D eigenvalue weighted by Gasteiger charge is 2.23. The van der Waals surface area contributed by atoms with Crippen molar-refractivity contribution in [1.29, 1.82) is 0 Å². The summed E-state index contributed by atoms with van der Waals surface area (Å²) < 4.78 is 0. The highest BCUT2D eigenvalue weighted by Crippen LogP contribution is 2.18. The number of carbonyl (C=O) groups is 1. The molecule has 0 radical (unpaired) electrons. The van der Waals surface area contributed by atoms with E-state index in [4.69, 9.17) is 4.84 Å². The van der Waals surface area contributed by atoms with Crippen molar-refractivity contribution in [2.45, 2.75) is 20.0 Å². The number of hydroxylamine groups is 2. The second kappa shape index (κ2) is 5.48.